The highest BCUT2D eigenvalue weighted by Gasteiger charge is 2.19. The van der Waals surface area contributed by atoms with E-state index < -0.39 is 23.8 Å². The molecule has 2 aromatic carbocycles. The number of H-pyrrole nitrogens is 1. The van der Waals surface area contributed by atoms with E-state index in [4.69, 9.17) is 4.74 Å². The lowest BCUT2D eigenvalue weighted by molar-refractivity contribution is -0.137. The number of nitrogens with one attached hydrogen (secondary N) is 4. The Morgan fingerprint density at radius 3 is 2.49 bits per heavy atom. The van der Waals surface area contributed by atoms with Gasteiger partial charge in [0.05, 0.1) is 23.5 Å². The molecule has 2 heterocycles. The first-order valence-electron chi connectivity index (χ1n) is 13.6. The van der Waals surface area contributed by atoms with Crippen LogP contribution in [0.3, 0.4) is 0 Å². The molecule has 0 radical (unpaired) electrons. The van der Waals surface area contributed by atoms with Crippen molar-refractivity contribution in [2.75, 3.05) is 23.7 Å². The number of carbonyl (C=O) groups excluding carboxylic acids is 1. The van der Waals surface area contributed by atoms with Crippen molar-refractivity contribution in [3.63, 3.8) is 0 Å². The van der Waals surface area contributed by atoms with E-state index >= 15 is 0 Å². The van der Waals surface area contributed by atoms with Crippen LogP contribution in [0.4, 0.5) is 16.6 Å². The fourth-order valence-corrected chi connectivity index (χ4v) is 4.33. The number of benzene rings is 2. The number of alkyl carbamates (subject to hydrolysis) is 1. The number of aromatic amines is 1. The first kappa shape index (κ1) is 29.1. The van der Waals surface area contributed by atoms with E-state index in [1.165, 1.54) is 4.57 Å². The van der Waals surface area contributed by atoms with Gasteiger partial charge in [0.1, 0.15) is 12.4 Å². The second-order valence-electron chi connectivity index (χ2n) is 9.73. The molecule has 1 amide bonds. The second kappa shape index (κ2) is 14.5. The summed E-state index contributed by atoms with van der Waals surface area (Å²) in [6, 6.07) is 16.1. The van der Waals surface area contributed by atoms with E-state index in [0.29, 0.717) is 12.4 Å². The first-order chi connectivity index (χ1) is 19.9. The summed E-state index contributed by atoms with van der Waals surface area (Å²) in [7, 11) is 0. The molecule has 4 rings (SSSR count). The number of anilines is 2. The van der Waals surface area contributed by atoms with Crippen molar-refractivity contribution < 1.29 is 19.4 Å². The number of nitrogens with zero attached hydrogens (tertiary/aromatic N) is 3. The van der Waals surface area contributed by atoms with Crippen LogP contribution in [0.5, 0.6) is 0 Å². The molecule has 41 heavy (non-hydrogen) atoms. The summed E-state index contributed by atoms with van der Waals surface area (Å²) < 4.78 is 6.50. The number of amides is 1. The van der Waals surface area contributed by atoms with Gasteiger partial charge in [-0.3, -0.25) is 9.36 Å². The molecule has 0 saturated heterocycles. The highest BCUT2D eigenvalue weighted by Crippen LogP contribution is 2.14. The number of hydrogen-bond acceptors (Lipinski definition) is 8. The number of rotatable bonds is 15. The summed E-state index contributed by atoms with van der Waals surface area (Å²) in [5, 5.41) is 18.4. The lowest BCUT2D eigenvalue weighted by atomic mass is 10.2. The summed E-state index contributed by atoms with van der Waals surface area (Å²) in [5.41, 5.74) is 2.92. The Morgan fingerprint density at radius 1 is 1.00 bits per heavy atom. The molecule has 12 nitrogen and oxygen atoms in total. The zero-order chi connectivity index (χ0) is 29.0. The number of unbranched alkanes of at least 4 members (excludes halogenated alkanes) is 2. The SMILES string of the molecule is Cc1cn(C[C@@H](CC(=O)O)NC(=O)OCc2ccccc2)c(=O)nc1NCCCCCNc1nc2ccccc2[nH]1. The summed E-state index contributed by atoms with van der Waals surface area (Å²) in [5.74, 6) is 0.133. The van der Waals surface area contributed by atoms with Gasteiger partial charge in [-0.25, -0.2) is 14.6 Å². The Labute approximate surface area is 237 Å². The standard InChI is InChI=1S/C29H35N7O5/c1-20-17-36(18-22(16-25(37)38)32-29(40)41-19-21-10-4-2-5-11-21)28(39)35-26(20)30-14-8-3-9-15-31-27-33-23-12-6-7-13-24(23)34-27/h2,4-7,10-13,17,22H,3,8-9,14-16,18-19H2,1H3,(H,32,40)(H,37,38)(H,30,35,39)(H2,31,33,34)/t22-/m1/s1. The van der Waals surface area contributed by atoms with Crippen molar-refractivity contribution in [2.45, 2.75) is 51.8 Å². The number of hydrogen-bond donors (Lipinski definition) is 5. The second-order valence-corrected chi connectivity index (χ2v) is 9.73. The van der Waals surface area contributed by atoms with Crippen LogP contribution in [0.15, 0.2) is 65.6 Å². The fourth-order valence-electron chi connectivity index (χ4n) is 4.33. The van der Waals surface area contributed by atoms with E-state index in [1.54, 1.807) is 6.20 Å². The molecule has 0 aliphatic carbocycles. The Kier molecular flexibility index (Phi) is 10.3. The van der Waals surface area contributed by atoms with Gasteiger partial charge in [-0.1, -0.05) is 42.5 Å². The van der Waals surface area contributed by atoms with Crippen molar-refractivity contribution in [1.29, 1.82) is 0 Å². The van der Waals surface area contributed by atoms with Gasteiger partial charge >= 0.3 is 17.8 Å². The predicted molar refractivity (Wildman–Crippen MR) is 156 cm³/mol. The molecule has 0 aliphatic rings. The third-order valence-corrected chi connectivity index (χ3v) is 6.38. The molecule has 0 unspecified atom stereocenters. The fraction of sp³-hybridized carbons (Fsp3) is 0.345. The van der Waals surface area contributed by atoms with Crippen LogP contribution in [0.25, 0.3) is 11.0 Å². The summed E-state index contributed by atoms with van der Waals surface area (Å²) >= 11 is 0. The molecular weight excluding hydrogens is 526 g/mol. The first-order valence-corrected chi connectivity index (χ1v) is 13.6. The minimum absolute atomic E-state index is 0.0469. The van der Waals surface area contributed by atoms with E-state index in [1.807, 2.05) is 61.5 Å². The van der Waals surface area contributed by atoms with Gasteiger partial charge in [0.15, 0.2) is 0 Å². The van der Waals surface area contributed by atoms with E-state index in [2.05, 4.69) is 30.9 Å². The monoisotopic (exact) mass is 561 g/mol. The zero-order valence-electron chi connectivity index (χ0n) is 22.9. The topological polar surface area (TPSA) is 163 Å². The lowest BCUT2D eigenvalue weighted by Crippen LogP contribution is -2.42. The quantitative estimate of drug-likeness (QED) is 0.135. The van der Waals surface area contributed by atoms with Gasteiger partial charge in [0.2, 0.25) is 5.95 Å². The summed E-state index contributed by atoms with van der Waals surface area (Å²) in [6.07, 6.45) is 3.29. The smallest absolute Gasteiger partial charge is 0.407 e. The molecule has 4 aromatic rings. The van der Waals surface area contributed by atoms with E-state index in [-0.39, 0.29) is 19.6 Å². The van der Waals surface area contributed by atoms with Gasteiger partial charge in [-0.2, -0.15) is 4.98 Å². The van der Waals surface area contributed by atoms with Crippen LogP contribution in [0.1, 0.15) is 36.8 Å². The number of carboxylic acid groups (broad SMARTS) is 1. The van der Waals surface area contributed by atoms with Gasteiger partial charge < -0.3 is 30.8 Å². The maximum absolute atomic E-state index is 12.7. The van der Waals surface area contributed by atoms with Crippen molar-refractivity contribution in [3.8, 4) is 0 Å². The summed E-state index contributed by atoms with van der Waals surface area (Å²) in [4.78, 5) is 48.2. The van der Waals surface area contributed by atoms with Gasteiger partial charge in [-0.15, -0.1) is 0 Å². The third-order valence-electron chi connectivity index (χ3n) is 6.38. The Bertz CT molecular complexity index is 1470. The largest absolute Gasteiger partial charge is 0.481 e. The van der Waals surface area contributed by atoms with Crippen LogP contribution in [-0.2, 0) is 22.7 Å². The minimum Gasteiger partial charge on any atom is -0.481 e. The maximum atomic E-state index is 12.7. The van der Waals surface area contributed by atoms with E-state index in [9.17, 15) is 19.5 Å². The number of fused-ring (bicyclic) bond motifs is 1. The van der Waals surface area contributed by atoms with Crippen LogP contribution < -0.4 is 21.6 Å². The number of carbonyl (C=O) groups is 2. The zero-order valence-corrected chi connectivity index (χ0v) is 22.9. The molecule has 216 valence electrons. The molecule has 0 spiro atoms. The van der Waals surface area contributed by atoms with Crippen molar-refractivity contribution in [2.24, 2.45) is 0 Å². The Morgan fingerprint density at radius 2 is 1.73 bits per heavy atom. The highest BCUT2D eigenvalue weighted by atomic mass is 16.5. The number of imidazole rings is 1. The van der Waals surface area contributed by atoms with Crippen LogP contribution in [0.2, 0.25) is 0 Å². The van der Waals surface area contributed by atoms with Crippen molar-refractivity contribution in [3.05, 3.63) is 82.4 Å². The number of aromatic nitrogens is 4. The average Bonchev–Trinajstić information content (AvgIpc) is 3.37. The number of para-hydroxylation sites is 2. The Balaban J connectivity index is 1.21. The number of aryl methyl sites for hydroxylation is 1. The molecule has 5 N–H and O–H groups in total. The summed E-state index contributed by atoms with van der Waals surface area (Å²) in [6.45, 7) is 3.25. The number of carboxylic acids is 1. The maximum Gasteiger partial charge on any atom is 0.407 e. The molecule has 0 aliphatic heterocycles. The normalized spacial score (nSPS) is 11.6. The molecule has 12 heteroatoms. The average molecular weight is 562 g/mol. The van der Waals surface area contributed by atoms with Crippen LogP contribution in [0, 0.1) is 6.92 Å². The predicted octanol–water partition coefficient (Wildman–Crippen LogP) is 3.89. The minimum atomic E-state index is -1.11. The van der Waals surface area contributed by atoms with Gasteiger partial charge in [0.25, 0.3) is 0 Å². The van der Waals surface area contributed by atoms with Crippen molar-refractivity contribution in [1.82, 2.24) is 24.8 Å². The van der Waals surface area contributed by atoms with Gasteiger partial charge in [-0.05, 0) is 43.9 Å². The van der Waals surface area contributed by atoms with Crippen LogP contribution in [-0.4, -0.2) is 55.8 Å². The van der Waals surface area contributed by atoms with Crippen molar-refractivity contribution >= 4 is 34.9 Å². The number of ether oxygens (including phenoxy) is 1. The highest BCUT2D eigenvalue weighted by molar-refractivity contribution is 5.77. The molecule has 0 saturated carbocycles. The van der Waals surface area contributed by atoms with E-state index in [0.717, 1.165) is 53.9 Å². The molecule has 0 bridgehead atoms. The molecular formula is C29H35N7O5. The third kappa shape index (κ3) is 9.09. The number of aliphatic carboxylic acids is 1. The molecule has 0 fully saturated rings. The Hall–Kier alpha value is -4.87. The molecule has 1 atom stereocenters. The molecule has 2 aromatic heterocycles. The lowest BCUT2D eigenvalue weighted by Gasteiger charge is -2.19. The van der Waals surface area contributed by atoms with Gasteiger partial charge in [0, 0.05) is 31.4 Å². The van der Waals surface area contributed by atoms with Crippen LogP contribution >= 0.6 is 0 Å².